The molecule has 0 N–H and O–H groups in total. The second-order valence-electron chi connectivity index (χ2n) is 9.80. The summed E-state index contributed by atoms with van der Waals surface area (Å²) in [5.74, 6) is -2.45. The van der Waals surface area contributed by atoms with Gasteiger partial charge in [0.25, 0.3) is 0 Å². The van der Waals surface area contributed by atoms with Crippen molar-refractivity contribution in [1.29, 1.82) is 0 Å². The van der Waals surface area contributed by atoms with E-state index in [9.17, 15) is 13.2 Å². The zero-order valence-corrected chi connectivity index (χ0v) is 19.4. The molecule has 0 aromatic heterocycles. The van der Waals surface area contributed by atoms with Gasteiger partial charge in [0.05, 0.1) is 0 Å². The smallest absolute Gasteiger partial charge is 0.194 e. The molecule has 0 heterocycles. The third-order valence-electron chi connectivity index (χ3n) is 7.80. The molecule has 1 fully saturated rings. The molecular formula is C28H34F4O. The van der Waals surface area contributed by atoms with E-state index in [1.165, 1.54) is 38.5 Å². The summed E-state index contributed by atoms with van der Waals surface area (Å²) >= 11 is 0. The van der Waals surface area contributed by atoms with Gasteiger partial charge in [-0.3, -0.25) is 0 Å². The highest BCUT2D eigenvalue weighted by atomic mass is 19.2. The van der Waals surface area contributed by atoms with Gasteiger partial charge in [-0.2, -0.15) is 0 Å². The summed E-state index contributed by atoms with van der Waals surface area (Å²) in [5, 5.41) is 0. The molecule has 33 heavy (non-hydrogen) atoms. The quantitative estimate of drug-likeness (QED) is 0.219. The van der Waals surface area contributed by atoms with E-state index >= 15 is 4.39 Å². The molecule has 5 heteroatoms. The molecule has 2 aliphatic rings. The Morgan fingerprint density at radius 2 is 1.58 bits per heavy atom. The van der Waals surface area contributed by atoms with Gasteiger partial charge in [-0.1, -0.05) is 37.8 Å². The van der Waals surface area contributed by atoms with Crippen LogP contribution < -0.4 is 0 Å². The lowest BCUT2D eigenvalue weighted by atomic mass is 9.69. The van der Waals surface area contributed by atoms with Crippen LogP contribution in [0.4, 0.5) is 17.6 Å². The largest absolute Gasteiger partial charge is 0.382 e. The summed E-state index contributed by atoms with van der Waals surface area (Å²) in [6, 6.07) is 5.21. The fourth-order valence-corrected chi connectivity index (χ4v) is 5.90. The van der Waals surface area contributed by atoms with Crippen LogP contribution in [0.2, 0.25) is 0 Å². The van der Waals surface area contributed by atoms with Crippen molar-refractivity contribution in [2.75, 3.05) is 13.2 Å². The Hall–Kier alpha value is -1.88. The average Bonchev–Trinajstić information content (AvgIpc) is 2.82. The van der Waals surface area contributed by atoms with Gasteiger partial charge in [0, 0.05) is 18.8 Å². The first kappa shape index (κ1) is 24.3. The average molecular weight is 463 g/mol. The van der Waals surface area contributed by atoms with Gasteiger partial charge in [0.15, 0.2) is 17.5 Å². The molecule has 2 aliphatic carbocycles. The van der Waals surface area contributed by atoms with E-state index in [1.807, 2.05) is 13.0 Å². The lowest BCUT2D eigenvalue weighted by Crippen LogP contribution is -2.27. The first-order valence-corrected chi connectivity index (χ1v) is 12.5. The minimum absolute atomic E-state index is 0.0356. The Morgan fingerprint density at radius 1 is 0.848 bits per heavy atom. The Labute approximate surface area is 194 Å². The van der Waals surface area contributed by atoms with Crippen LogP contribution >= 0.6 is 0 Å². The molecule has 0 bridgehead atoms. The Bertz CT molecular complexity index is 926. The van der Waals surface area contributed by atoms with Crippen LogP contribution in [0.15, 0.2) is 24.3 Å². The molecular weight excluding hydrogens is 428 g/mol. The van der Waals surface area contributed by atoms with Crippen molar-refractivity contribution in [2.45, 2.75) is 71.1 Å². The number of rotatable bonds is 8. The predicted octanol–water partition coefficient (Wildman–Crippen LogP) is 8.03. The van der Waals surface area contributed by atoms with Crippen molar-refractivity contribution in [3.63, 3.8) is 0 Å². The number of hydrogen-bond donors (Lipinski definition) is 0. The third-order valence-corrected chi connectivity index (χ3v) is 7.80. The number of fused-ring (bicyclic) bond motifs is 1. The standard InChI is InChI=1S/C28H34F4O/c1-2-33-14-4-3-5-18-6-8-19(9-7-18)20-10-12-23-21(15-20)11-13-24(27(23)31)22-16-25(29)28(32)26(30)17-22/h11,13,16-20H,2-10,12,14-15H2,1H3. The molecule has 0 saturated heterocycles. The second kappa shape index (κ2) is 11.0. The molecule has 1 unspecified atom stereocenters. The van der Waals surface area contributed by atoms with Gasteiger partial charge in [0.1, 0.15) is 5.82 Å². The summed E-state index contributed by atoms with van der Waals surface area (Å²) < 4.78 is 61.3. The van der Waals surface area contributed by atoms with Crippen LogP contribution in [-0.4, -0.2) is 13.2 Å². The van der Waals surface area contributed by atoms with Gasteiger partial charge < -0.3 is 4.74 Å². The predicted molar refractivity (Wildman–Crippen MR) is 123 cm³/mol. The number of halogens is 4. The number of benzene rings is 2. The van der Waals surface area contributed by atoms with Gasteiger partial charge in [-0.15, -0.1) is 0 Å². The van der Waals surface area contributed by atoms with Crippen LogP contribution in [0.3, 0.4) is 0 Å². The van der Waals surface area contributed by atoms with Crippen LogP contribution in [0.1, 0.15) is 69.4 Å². The molecule has 180 valence electrons. The highest BCUT2D eigenvalue weighted by Gasteiger charge is 2.31. The monoisotopic (exact) mass is 462 g/mol. The summed E-state index contributed by atoms with van der Waals surface area (Å²) in [5.41, 5.74) is 1.83. The van der Waals surface area contributed by atoms with E-state index in [-0.39, 0.29) is 11.1 Å². The zero-order valence-electron chi connectivity index (χ0n) is 19.4. The summed E-state index contributed by atoms with van der Waals surface area (Å²) in [6.45, 7) is 3.70. The van der Waals surface area contributed by atoms with Crippen molar-refractivity contribution in [2.24, 2.45) is 17.8 Å². The normalized spacial score (nSPS) is 22.9. The second-order valence-corrected chi connectivity index (χ2v) is 9.80. The van der Waals surface area contributed by atoms with Crippen molar-refractivity contribution >= 4 is 0 Å². The molecule has 1 atom stereocenters. The fraction of sp³-hybridized carbons (Fsp3) is 0.571. The summed E-state index contributed by atoms with van der Waals surface area (Å²) in [4.78, 5) is 0. The minimum atomic E-state index is -1.53. The molecule has 0 spiro atoms. The molecule has 0 radical (unpaired) electrons. The van der Waals surface area contributed by atoms with Crippen LogP contribution in [0.25, 0.3) is 11.1 Å². The van der Waals surface area contributed by atoms with Crippen molar-refractivity contribution in [3.05, 3.63) is 58.7 Å². The van der Waals surface area contributed by atoms with Gasteiger partial charge in [-0.25, -0.2) is 17.6 Å². The van der Waals surface area contributed by atoms with Crippen molar-refractivity contribution in [3.8, 4) is 11.1 Å². The van der Waals surface area contributed by atoms with E-state index in [1.54, 1.807) is 6.07 Å². The van der Waals surface area contributed by atoms with Crippen LogP contribution in [0, 0.1) is 41.0 Å². The lowest BCUT2D eigenvalue weighted by Gasteiger charge is -2.37. The molecule has 2 aromatic carbocycles. The highest BCUT2D eigenvalue weighted by Crippen LogP contribution is 2.42. The van der Waals surface area contributed by atoms with Crippen LogP contribution in [-0.2, 0) is 17.6 Å². The van der Waals surface area contributed by atoms with Gasteiger partial charge >= 0.3 is 0 Å². The maximum absolute atomic E-state index is 15.3. The highest BCUT2D eigenvalue weighted by molar-refractivity contribution is 5.66. The molecule has 1 nitrogen and oxygen atoms in total. The van der Waals surface area contributed by atoms with Crippen LogP contribution in [0.5, 0.6) is 0 Å². The minimum Gasteiger partial charge on any atom is -0.382 e. The SMILES string of the molecule is CCOCCCCC1CCC(C2CCc3c(ccc(-c4cc(F)c(F)c(F)c4)c3F)C2)CC1. The van der Waals surface area contributed by atoms with Gasteiger partial charge in [0.2, 0.25) is 0 Å². The van der Waals surface area contributed by atoms with E-state index in [2.05, 4.69) is 0 Å². The lowest BCUT2D eigenvalue weighted by molar-refractivity contribution is 0.138. The number of hydrogen-bond acceptors (Lipinski definition) is 1. The number of ether oxygens (including phenoxy) is 1. The molecule has 4 rings (SSSR count). The van der Waals surface area contributed by atoms with E-state index in [0.29, 0.717) is 23.8 Å². The summed E-state index contributed by atoms with van der Waals surface area (Å²) in [7, 11) is 0. The number of unbranched alkanes of at least 4 members (excludes halogenated alkanes) is 1. The van der Waals surface area contributed by atoms with E-state index in [4.69, 9.17) is 4.74 Å². The van der Waals surface area contributed by atoms with Crippen molar-refractivity contribution < 1.29 is 22.3 Å². The van der Waals surface area contributed by atoms with Crippen molar-refractivity contribution in [1.82, 2.24) is 0 Å². The van der Waals surface area contributed by atoms with Gasteiger partial charge in [-0.05, 0) is 92.0 Å². The Morgan fingerprint density at radius 3 is 2.27 bits per heavy atom. The molecule has 0 amide bonds. The Balaban J connectivity index is 1.36. The van der Waals surface area contributed by atoms with E-state index in [0.717, 1.165) is 56.1 Å². The first-order valence-electron chi connectivity index (χ1n) is 12.5. The maximum Gasteiger partial charge on any atom is 0.194 e. The Kier molecular flexibility index (Phi) is 8.11. The molecule has 0 aliphatic heterocycles. The topological polar surface area (TPSA) is 9.23 Å². The first-order chi connectivity index (χ1) is 16.0. The fourth-order valence-electron chi connectivity index (χ4n) is 5.90. The summed E-state index contributed by atoms with van der Waals surface area (Å²) in [6.07, 6.45) is 11.2. The molecule has 2 aromatic rings. The maximum atomic E-state index is 15.3. The zero-order chi connectivity index (χ0) is 23.4. The molecule has 1 saturated carbocycles. The van der Waals surface area contributed by atoms with E-state index < -0.39 is 23.3 Å². The third kappa shape index (κ3) is 5.62.